The second-order valence-corrected chi connectivity index (χ2v) is 9.92. The van der Waals surface area contributed by atoms with Crippen molar-refractivity contribution >= 4 is 5.97 Å². The van der Waals surface area contributed by atoms with Crippen molar-refractivity contribution in [1.82, 2.24) is 0 Å². The number of aliphatic hydroxyl groups excluding tert-OH is 2. The van der Waals surface area contributed by atoms with Gasteiger partial charge >= 0.3 is 5.97 Å². The minimum absolute atomic E-state index is 0.0734. The summed E-state index contributed by atoms with van der Waals surface area (Å²) in [6, 6.07) is 6.08. The summed E-state index contributed by atoms with van der Waals surface area (Å²) < 4.78 is 11.2. The van der Waals surface area contributed by atoms with Crippen LogP contribution in [-0.4, -0.2) is 41.1 Å². The van der Waals surface area contributed by atoms with Gasteiger partial charge in [-0.15, -0.1) is 0 Å². The molecule has 5 heteroatoms. The molecule has 0 saturated heterocycles. The molecule has 0 spiro atoms. The van der Waals surface area contributed by atoms with Crippen LogP contribution in [0.25, 0.3) is 0 Å². The zero-order valence-electron chi connectivity index (χ0n) is 20.1. The average Bonchev–Trinajstić information content (AvgIpc) is 3.08. The molecule has 1 saturated carbocycles. The number of ether oxygens (including phenoxy) is 2. The lowest BCUT2D eigenvalue weighted by atomic mass is 9.73. The summed E-state index contributed by atoms with van der Waals surface area (Å²) in [5.74, 6) is 1.57. The molecule has 0 aromatic heterocycles. The summed E-state index contributed by atoms with van der Waals surface area (Å²) >= 11 is 0. The quantitative estimate of drug-likeness (QED) is 0.355. The van der Waals surface area contributed by atoms with Crippen molar-refractivity contribution in [3.63, 3.8) is 0 Å². The third kappa shape index (κ3) is 6.48. The summed E-state index contributed by atoms with van der Waals surface area (Å²) in [5.41, 5.74) is 2.44. The molecule has 2 aliphatic rings. The summed E-state index contributed by atoms with van der Waals surface area (Å²) in [6.07, 6.45) is 8.73. The van der Waals surface area contributed by atoms with Crippen LogP contribution in [-0.2, 0) is 22.4 Å². The number of benzene rings is 1. The lowest BCUT2D eigenvalue weighted by Crippen LogP contribution is -2.28. The van der Waals surface area contributed by atoms with Crippen molar-refractivity contribution < 1.29 is 24.5 Å². The Morgan fingerprint density at radius 1 is 1.19 bits per heavy atom. The van der Waals surface area contributed by atoms with Gasteiger partial charge in [0.15, 0.2) is 6.61 Å². The van der Waals surface area contributed by atoms with Gasteiger partial charge in [-0.05, 0) is 86.8 Å². The Hall–Kier alpha value is -1.59. The van der Waals surface area contributed by atoms with Crippen LogP contribution in [0.2, 0.25) is 0 Å². The lowest BCUT2D eigenvalue weighted by Gasteiger charge is -2.32. The maximum Gasteiger partial charge on any atom is 0.344 e. The van der Waals surface area contributed by atoms with Gasteiger partial charge in [-0.3, -0.25) is 0 Å². The molecule has 3 rings (SSSR count). The number of hydrogen-bond acceptors (Lipinski definition) is 5. The van der Waals surface area contributed by atoms with E-state index in [1.807, 2.05) is 26.0 Å². The molecule has 6 atom stereocenters. The number of carbonyl (C=O) groups excluding carboxylic acids is 1. The summed E-state index contributed by atoms with van der Waals surface area (Å²) in [6.45, 7) is 5.97. The molecule has 0 unspecified atom stereocenters. The molecule has 2 aliphatic carbocycles. The Morgan fingerprint density at radius 2 is 2.00 bits per heavy atom. The van der Waals surface area contributed by atoms with Gasteiger partial charge in [0.25, 0.3) is 0 Å². The first-order chi connectivity index (χ1) is 15.4. The van der Waals surface area contributed by atoms with Gasteiger partial charge in [-0.2, -0.15) is 0 Å². The van der Waals surface area contributed by atoms with Gasteiger partial charge in [-0.25, -0.2) is 4.79 Å². The number of hydrogen-bond donors (Lipinski definition) is 2. The van der Waals surface area contributed by atoms with Crippen molar-refractivity contribution in [2.75, 3.05) is 6.61 Å². The van der Waals surface area contributed by atoms with Gasteiger partial charge in [-0.1, -0.05) is 45.2 Å². The number of aliphatic hydroxyl groups is 2. The van der Waals surface area contributed by atoms with Crippen LogP contribution < -0.4 is 4.74 Å². The van der Waals surface area contributed by atoms with Crippen LogP contribution in [0.4, 0.5) is 0 Å². The second-order valence-electron chi connectivity index (χ2n) is 9.92. The summed E-state index contributed by atoms with van der Waals surface area (Å²) in [5, 5.41) is 21.2. The highest BCUT2D eigenvalue weighted by molar-refractivity contribution is 5.71. The summed E-state index contributed by atoms with van der Waals surface area (Å²) in [4.78, 5) is 12.0. The minimum Gasteiger partial charge on any atom is -0.482 e. The Bertz CT molecular complexity index is 733. The van der Waals surface area contributed by atoms with Crippen LogP contribution >= 0.6 is 0 Å². The molecule has 1 aromatic rings. The van der Waals surface area contributed by atoms with Gasteiger partial charge in [0, 0.05) is 0 Å². The van der Waals surface area contributed by atoms with Crippen LogP contribution in [0.3, 0.4) is 0 Å². The highest BCUT2D eigenvalue weighted by atomic mass is 16.6. The van der Waals surface area contributed by atoms with E-state index in [0.717, 1.165) is 57.1 Å². The topological polar surface area (TPSA) is 76.0 Å². The molecule has 2 N–H and O–H groups in total. The largest absolute Gasteiger partial charge is 0.482 e. The first-order valence-electron chi connectivity index (χ1n) is 12.7. The zero-order valence-corrected chi connectivity index (χ0v) is 20.1. The third-order valence-electron chi connectivity index (χ3n) is 7.57. The third-order valence-corrected chi connectivity index (χ3v) is 7.57. The van der Waals surface area contributed by atoms with Gasteiger partial charge < -0.3 is 19.7 Å². The van der Waals surface area contributed by atoms with Crippen molar-refractivity contribution in [1.29, 1.82) is 0 Å². The first-order valence-corrected chi connectivity index (χ1v) is 12.7. The fraction of sp³-hybridized carbons (Fsp3) is 0.741. The van der Waals surface area contributed by atoms with Crippen LogP contribution in [0.1, 0.15) is 83.3 Å². The van der Waals surface area contributed by atoms with E-state index in [1.54, 1.807) is 0 Å². The van der Waals surface area contributed by atoms with E-state index < -0.39 is 0 Å². The molecule has 0 radical (unpaired) electrons. The molecule has 0 heterocycles. The SMILES string of the molecule is CCCCC[C@H](O)CC[C@@H]1[C@H]2Cc3cccc(OCC(=O)O[C@H](C)CC)c3C[C@H]2C[C@H]1O. The van der Waals surface area contributed by atoms with E-state index >= 15 is 0 Å². The monoisotopic (exact) mass is 446 g/mol. The molecule has 0 amide bonds. The van der Waals surface area contributed by atoms with Crippen molar-refractivity contribution in [2.45, 2.75) is 103 Å². The molecule has 32 heavy (non-hydrogen) atoms. The maximum absolute atomic E-state index is 12.0. The number of unbranched alkanes of at least 4 members (excludes halogenated alkanes) is 2. The minimum atomic E-state index is -0.334. The second kappa shape index (κ2) is 12.0. The van der Waals surface area contributed by atoms with E-state index in [-0.39, 0.29) is 36.8 Å². The van der Waals surface area contributed by atoms with Gasteiger partial charge in [0.2, 0.25) is 0 Å². The van der Waals surface area contributed by atoms with Gasteiger partial charge in [0.1, 0.15) is 5.75 Å². The lowest BCUT2D eigenvalue weighted by molar-refractivity contribution is -0.150. The molecule has 1 fully saturated rings. The normalized spacial score (nSPS) is 26.2. The molecular weight excluding hydrogens is 404 g/mol. The molecule has 5 nitrogen and oxygen atoms in total. The highest BCUT2D eigenvalue weighted by Crippen LogP contribution is 2.48. The van der Waals surface area contributed by atoms with E-state index in [1.165, 1.54) is 24.0 Å². The fourth-order valence-corrected chi connectivity index (χ4v) is 5.58. The van der Waals surface area contributed by atoms with E-state index in [4.69, 9.17) is 9.47 Å². The first kappa shape index (κ1) is 25.0. The number of fused-ring (bicyclic) bond motifs is 2. The van der Waals surface area contributed by atoms with E-state index in [2.05, 4.69) is 13.0 Å². The zero-order chi connectivity index (χ0) is 23.1. The van der Waals surface area contributed by atoms with E-state index in [0.29, 0.717) is 11.8 Å². The predicted molar refractivity (Wildman–Crippen MR) is 126 cm³/mol. The number of rotatable bonds is 12. The Kier molecular flexibility index (Phi) is 9.42. The summed E-state index contributed by atoms with van der Waals surface area (Å²) in [7, 11) is 0. The molecule has 0 bridgehead atoms. The molecule has 1 aromatic carbocycles. The molecule has 0 aliphatic heterocycles. The number of esters is 1. The van der Waals surface area contributed by atoms with Crippen LogP contribution in [0.15, 0.2) is 18.2 Å². The fourth-order valence-electron chi connectivity index (χ4n) is 5.58. The Balaban J connectivity index is 1.59. The molecular formula is C27H42O5. The number of carbonyl (C=O) groups is 1. The Morgan fingerprint density at radius 3 is 2.75 bits per heavy atom. The van der Waals surface area contributed by atoms with Crippen LogP contribution in [0, 0.1) is 17.8 Å². The average molecular weight is 447 g/mol. The maximum atomic E-state index is 12.0. The predicted octanol–water partition coefficient (Wildman–Crippen LogP) is 4.84. The van der Waals surface area contributed by atoms with Crippen molar-refractivity contribution in [3.8, 4) is 5.75 Å². The standard InChI is InChI=1S/C27H42O5/c1-4-6-7-10-21(28)12-13-22-23-14-19-9-8-11-26(24(19)15-20(23)16-25(22)29)31-17-27(30)32-18(3)5-2/h8-9,11,18,20-23,25,28-29H,4-7,10,12-17H2,1-3H3/t18-,20+,21+,22-,23+,25-/m1/s1. The Labute approximate surface area is 193 Å². The van der Waals surface area contributed by atoms with Crippen molar-refractivity contribution in [3.05, 3.63) is 29.3 Å². The van der Waals surface area contributed by atoms with E-state index in [9.17, 15) is 15.0 Å². The van der Waals surface area contributed by atoms with Gasteiger partial charge in [0.05, 0.1) is 18.3 Å². The van der Waals surface area contributed by atoms with Crippen molar-refractivity contribution in [2.24, 2.45) is 17.8 Å². The smallest absolute Gasteiger partial charge is 0.344 e. The highest BCUT2D eigenvalue weighted by Gasteiger charge is 2.44. The molecule has 180 valence electrons. The van der Waals surface area contributed by atoms with Crippen LogP contribution in [0.5, 0.6) is 5.75 Å².